The molecule has 0 radical (unpaired) electrons. The van der Waals surface area contributed by atoms with E-state index in [2.05, 4.69) is 23.6 Å². The number of allylic oxidation sites excluding steroid dienone is 3. The standard InChI is InChI=1S/C35H41F2N3O5/c1-21(17-27(37)18-22(2)36)33-23(3)40(35(42)45-33)20-30-28(12-14-32(38-30)39-15-6-16-39)29-19-26(11-13-31(29)43-4)24-7-9-25(10-8-24)34(41)44-5/h11-14,17-19,23-25,33H,1,6-10,15-16,20H2,2-5H3/b22-18+,27-17+/t23-,24-,25-,33+/m0/s1. The van der Waals surface area contributed by atoms with Crippen LogP contribution in [0.4, 0.5) is 19.4 Å². The van der Waals surface area contributed by atoms with Gasteiger partial charge in [0.15, 0.2) is 0 Å². The van der Waals surface area contributed by atoms with E-state index in [1.54, 1.807) is 12.0 Å². The molecule has 1 saturated carbocycles. The number of esters is 1. The van der Waals surface area contributed by atoms with Gasteiger partial charge in [-0.15, -0.1) is 0 Å². The van der Waals surface area contributed by atoms with Gasteiger partial charge in [-0.1, -0.05) is 12.6 Å². The number of methoxy groups -OCH3 is 2. The van der Waals surface area contributed by atoms with Crippen molar-refractivity contribution in [3.05, 3.63) is 77.5 Å². The van der Waals surface area contributed by atoms with Crippen LogP contribution in [0.25, 0.3) is 11.1 Å². The van der Waals surface area contributed by atoms with Crippen molar-refractivity contribution in [1.29, 1.82) is 0 Å². The normalized spacial score (nSPS) is 23.8. The number of pyridine rings is 1. The highest BCUT2D eigenvalue weighted by molar-refractivity contribution is 5.76. The summed E-state index contributed by atoms with van der Waals surface area (Å²) < 4.78 is 43.8. The van der Waals surface area contributed by atoms with Crippen LogP contribution >= 0.6 is 0 Å². The highest BCUT2D eigenvalue weighted by atomic mass is 19.1. The first-order valence-electron chi connectivity index (χ1n) is 15.5. The molecule has 1 aromatic heterocycles. The van der Waals surface area contributed by atoms with Crippen LogP contribution in [-0.4, -0.2) is 61.4 Å². The second-order valence-electron chi connectivity index (χ2n) is 12.0. The Morgan fingerprint density at radius 2 is 1.82 bits per heavy atom. The van der Waals surface area contributed by atoms with Crippen molar-refractivity contribution in [2.45, 2.75) is 70.6 Å². The van der Waals surface area contributed by atoms with Crippen molar-refractivity contribution < 1.29 is 32.6 Å². The number of cyclic esters (lactones) is 1. The van der Waals surface area contributed by atoms with Crippen LogP contribution in [0.5, 0.6) is 5.75 Å². The Morgan fingerprint density at radius 3 is 2.44 bits per heavy atom. The summed E-state index contributed by atoms with van der Waals surface area (Å²) in [6.07, 6.45) is 4.87. The third kappa shape index (κ3) is 7.05. The molecule has 0 N–H and O–H groups in total. The summed E-state index contributed by atoms with van der Waals surface area (Å²) in [5, 5.41) is 0. The van der Waals surface area contributed by atoms with Crippen LogP contribution in [0.1, 0.15) is 63.1 Å². The Labute approximate surface area is 263 Å². The molecule has 0 unspecified atom stereocenters. The minimum atomic E-state index is -0.809. The topological polar surface area (TPSA) is 81.2 Å². The van der Waals surface area contributed by atoms with Gasteiger partial charge in [0.1, 0.15) is 23.5 Å². The number of aromatic nitrogens is 1. The Morgan fingerprint density at radius 1 is 1.09 bits per heavy atom. The van der Waals surface area contributed by atoms with Crippen LogP contribution in [0.3, 0.4) is 0 Å². The summed E-state index contributed by atoms with van der Waals surface area (Å²) in [6, 6.07) is 9.72. The van der Waals surface area contributed by atoms with Gasteiger partial charge in [-0.3, -0.25) is 9.69 Å². The largest absolute Gasteiger partial charge is 0.496 e. The molecule has 45 heavy (non-hydrogen) atoms. The molecule has 10 heteroatoms. The molecule has 240 valence electrons. The average Bonchev–Trinajstić information content (AvgIpc) is 3.28. The van der Waals surface area contributed by atoms with Crippen molar-refractivity contribution in [2.24, 2.45) is 5.92 Å². The summed E-state index contributed by atoms with van der Waals surface area (Å²) in [7, 11) is 3.07. The lowest BCUT2D eigenvalue weighted by Gasteiger charge is -2.33. The zero-order chi connectivity index (χ0) is 32.2. The van der Waals surface area contributed by atoms with Gasteiger partial charge in [0, 0.05) is 30.3 Å². The monoisotopic (exact) mass is 621 g/mol. The van der Waals surface area contributed by atoms with Crippen molar-refractivity contribution in [2.75, 3.05) is 32.2 Å². The molecule has 3 heterocycles. The lowest BCUT2D eigenvalue weighted by molar-refractivity contribution is -0.146. The fourth-order valence-electron chi connectivity index (χ4n) is 6.45. The Kier molecular flexibility index (Phi) is 9.90. The molecule has 1 aliphatic carbocycles. The van der Waals surface area contributed by atoms with E-state index in [9.17, 15) is 18.4 Å². The van der Waals surface area contributed by atoms with E-state index in [0.29, 0.717) is 11.4 Å². The number of rotatable bonds is 10. The quantitative estimate of drug-likeness (QED) is 0.202. The maximum Gasteiger partial charge on any atom is 0.411 e. The Bertz CT molecular complexity index is 1510. The molecular weight excluding hydrogens is 580 g/mol. The van der Waals surface area contributed by atoms with Gasteiger partial charge in [0.2, 0.25) is 0 Å². The third-order valence-electron chi connectivity index (χ3n) is 9.12. The molecule has 3 fully saturated rings. The summed E-state index contributed by atoms with van der Waals surface area (Å²) in [6.45, 7) is 8.82. The summed E-state index contributed by atoms with van der Waals surface area (Å²) in [4.78, 5) is 34.0. The summed E-state index contributed by atoms with van der Waals surface area (Å²) >= 11 is 0. The van der Waals surface area contributed by atoms with E-state index in [0.717, 1.165) is 86.8 Å². The lowest BCUT2D eigenvalue weighted by Crippen LogP contribution is -2.38. The zero-order valence-electron chi connectivity index (χ0n) is 26.4. The minimum absolute atomic E-state index is 0.0628. The van der Waals surface area contributed by atoms with E-state index < -0.39 is 29.9 Å². The molecule has 2 saturated heterocycles. The summed E-state index contributed by atoms with van der Waals surface area (Å²) in [5.41, 5.74) is 3.76. The second kappa shape index (κ2) is 13.8. The number of hydrogen-bond donors (Lipinski definition) is 0. The molecule has 0 bridgehead atoms. The number of hydrogen-bond acceptors (Lipinski definition) is 7. The molecule has 8 nitrogen and oxygen atoms in total. The number of carbonyl (C=O) groups excluding carboxylic acids is 2. The van der Waals surface area contributed by atoms with Crippen LogP contribution < -0.4 is 9.64 Å². The maximum atomic E-state index is 14.2. The first-order valence-corrected chi connectivity index (χ1v) is 15.5. The van der Waals surface area contributed by atoms with Gasteiger partial charge in [0.25, 0.3) is 0 Å². The highest BCUT2D eigenvalue weighted by Crippen LogP contribution is 2.41. The van der Waals surface area contributed by atoms with Gasteiger partial charge in [0.05, 0.1) is 44.2 Å². The van der Waals surface area contributed by atoms with Crippen molar-refractivity contribution in [3.8, 4) is 16.9 Å². The van der Waals surface area contributed by atoms with E-state index in [4.69, 9.17) is 19.2 Å². The molecule has 2 atom stereocenters. The average molecular weight is 622 g/mol. The number of nitrogens with zero attached hydrogens (tertiary/aromatic N) is 3. The lowest BCUT2D eigenvalue weighted by atomic mass is 9.78. The molecule has 1 aromatic carbocycles. The van der Waals surface area contributed by atoms with Gasteiger partial charge in [-0.05, 0) is 93.3 Å². The van der Waals surface area contributed by atoms with Gasteiger partial charge < -0.3 is 19.1 Å². The zero-order valence-corrected chi connectivity index (χ0v) is 26.4. The molecule has 5 rings (SSSR count). The molecule has 2 aromatic rings. The molecular formula is C35H41F2N3O5. The SMILES string of the molecule is C=C(/C=C(F)\C=C(/C)F)[C@H]1OC(=O)N(Cc2nc(N3CCC3)ccc2-c2cc([C@H]3CC[C@H](C(=O)OC)CC3)ccc2OC)[C@H]1C. The van der Waals surface area contributed by atoms with Gasteiger partial charge >= 0.3 is 12.1 Å². The van der Waals surface area contributed by atoms with Crippen molar-refractivity contribution in [1.82, 2.24) is 9.88 Å². The van der Waals surface area contributed by atoms with Crippen molar-refractivity contribution in [3.63, 3.8) is 0 Å². The maximum absolute atomic E-state index is 14.2. The molecule has 3 aliphatic rings. The first-order chi connectivity index (χ1) is 21.6. The number of amides is 1. The predicted octanol–water partition coefficient (Wildman–Crippen LogP) is 7.41. The van der Waals surface area contributed by atoms with Crippen LogP contribution in [0.2, 0.25) is 0 Å². The fourth-order valence-corrected chi connectivity index (χ4v) is 6.45. The van der Waals surface area contributed by atoms with E-state index in [1.165, 1.54) is 7.11 Å². The highest BCUT2D eigenvalue weighted by Gasteiger charge is 2.40. The second-order valence-corrected chi connectivity index (χ2v) is 12.0. The number of halogens is 2. The number of benzene rings is 1. The molecule has 2 aliphatic heterocycles. The third-order valence-corrected chi connectivity index (χ3v) is 9.12. The Hall–Kier alpha value is -4.21. The number of anilines is 1. The molecule has 0 spiro atoms. The van der Waals surface area contributed by atoms with E-state index in [1.807, 2.05) is 25.1 Å². The van der Waals surface area contributed by atoms with Crippen LogP contribution in [-0.2, 0) is 20.8 Å². The van der Waals surface area contributed by atoms with Gasteiger partial charge in [-0.25, -0.2) is 18.6 Å². The van der Waals surface area contributed by atoms with Crippen LogP contribution in [0, 0.1) is 5.92 Å². The smallest absolute Gasteiger partial charge is 0.411 e. The minimum Gasteiger partial charge on any atom is -0.496 e. The predicted molar refractivity (Wildman–Crippen MR) is 168 cm³/mol. The molecule has 1 amide bonds. The van der Waals surface area contributed by atoms with Gasteiger partial charge in [-0.2, -0.15) is 0 Å². The van der Waals surface area contributed by atoms with E-state index >= 15 is 0 Å². The Balaban J connectivity index is 1.45. The van der Waals surface area contributed by atoms with E-state index in [-0.39, 0.29) is 29.9 Å². The van der Waals surface area contributed by atoms with Crippen molar-refractivity contribution >= 4 is 17.9 Å². The number of ether oxygens (including phenoxy) is 3. The number of carbonyl (C=O) groups is 2. The van der Waals surface area contributed by atoms with Crippen LogP contribution in [0.15, 0.2) is 66.3 Å². The summed E-state index contributed by atoms with van der Waals surface area (Å²) in [5.74, 6) is 0.111. The fraction of sp³-hybridized carbons (Fsp3) is 0.457. The first kappa shape index (κ1) is 32.2.